The Kier molecular flexibility index (Phi) is 6.30. The maximum atomic E-state index is 11.3. The highest BCUT2D eigenvalue weighted by molar-refractivity contribution is 9.10. The van der Waals surface area contributed by atoms with Crippen molar-refractivity contribution < 1.29 is 8.42 Å². The van der Waals surface area contributed by atoms with Gasteiger partial charge in [0.2, 0.25) is 16.0 Å². The molecule has 0 radical (unpaired) electrons. The minimum Gasteiger partial charge on any atom is -0.369 e. The van der Waals surface area contributed by atoms with E-state index in [4.69, 9.17) is 5.14 Å². The molecule has 1 atom stereocenters. The van der Waals surface area contributed by atoms with E-state index in [1.807, 2.05) is 0 Å². The second-order valence-electron chi connectivity index (χ2n) is 6.58. The number of primary sulfonamides is 1. The summed E-state index contributed by atoms with van der Waals surface area (Å²) >= 11 is 3.47. The standard InChI is InChI=1S/C17H23BrN6O2S/c1-24-10-2-3-13(24)8-9-20-16-15(18)11-21-17(23-16)22-12-4-6-14(7-5-12)27(19,25)26/h4-7,11,13H,2-3,8-10H2,1H3,(H2,19,25,26)(H2,20,21,22,23). The van der Waals surface area contributed by atoms with Crippen LogP contribution in [-0.2, 0) is 10.0 Å². The third kappa shape index (κ3) is 5.38. The largest absolute Gasteiger partial charge is 0.369 e. The van der Waals surface area contributed by atoms with Crippen molar-refractivity contribution in [1.29, 1.82) is 0 Å². The number of benzene rings is 1. The Bertz CT molecular complexity index is 891. The number of nitrogens with one attached hydrogen (secondary N) is 2. The molecule has 2 heterocycles. The molecule has 1 aliphatic rings. The minimum atomic E-state index is -3.70. The molecular weight excluding hydrogens is 432 g/mol. The lowest BCUT2D eigenvalue weighted by atomic mass is 10.1. The summed E-state index contributed by atoms with van der Waals surface area (Å²) in [5, 5.41) is 11.5. The molecule has 3 rings (SSSR count). The molecule has 10 heteroatoms. The van der Waals surface area contributed by atoms with Crippen molar-refractivity contribution in [2.45, 2.75) is 30.2 Å². The van der Waals surface area contributed by atoms with E-state index < -0.39 is 10.0 Å². The third-order valence-electron chi connectivity index (χ3n) is 4.62. The topological polar surface area (TPSA) is 113 Å². The van der Waals surface area contributed by atoms with E-state index in [1.54, 1.807) is 18.3 Å². The van der Waals surface area contributed by atoms with E-state index in [9.17, 15) is 8.42 Å². The second-order valence-corrected chi connectivity index (χ2v) is 8.99. The first kappa shape index (κ1) is 20.0. The number of hydrogen-bond acceptors (Lipinski definition) is 7. The van der Waals surface area contributed by atoms with Gasteiger partial charge in [0, 0.05) is 24.5 Å². The molecule has 2 aromatic rings. The van der Waals surface area contributed by atoms with Gasteiger partial charge in [0.05, 0.1) is 9.37 Å². The maximum Gasteiger partial charge on any atom is 0.238 e. The van der Waals surface area contributed by atoms with Gasteiger partial charge in [-0.25, -0.2) is 18.5 Å². The highest BCUT2D eigenvalue weighted by Gasteiger charge is 2.20. The quantitative estimate of drug-likeness (QED) is 0.588. The second kappa shape index (κ2) is 8.51. The van der Waals surface area contributed by atoms with Gasteiger partial charge in [-0.15, -0.1) is 0 Å². The highest BCUT2D eigenvalue weighted by atomic mass is 79.9. The summed E-state index contributed by atoms with van der Waals surface area (Å²) in [6.45, 7) is 1.99. The average Bonchev–Trinajstić information content (AvgIpc) is 3.02. The summed E-state index contributed by atoms with van der Waals surface area (Å²) in [4.78, 5) is 11.2. The molecule has 0 spiro atoms. The monoisotopic (exact) mass is 454 g/mol. The fraction of sp³-hybridized carbons (Fsp3) is 0.412. The van der Waals surface area contributed by atoms with Gasteiger partial charge in [-0.2, -0.15) is 4.98 Å². The molecule has 0 aliphatic carbocycles. The molecule has 27 heavy (non-hydrogen) atoms. The zero-order valence-electron chi connectivity index (χ0n) is 15.0. The number of likely N-dealkylation sites (tertiary alicyclic amines) is 1. The van der Waals surface area contributed by atoms with Gasteiger partial charge in [-0.3, -0.25) is 0 Å². The van der Waals surface area contributed by atoms with Gasteiger partial charge >= 0.3 is 0 Å². The Morgan fingerprint density at radius 2 is 2.07 bits per heavy atom. The summed E-state index contributed by atoms with van der Waals surface area (Å²) in [5.74, 6) is 1.14. The van der Waals surface area contributed by atoms with Crippen LogP contribution < -0.4 is 15.8 Å². The van der Waals surface area contributed by atoms with Crippen LogP contribution in [0.1, 0.15) is 19.3 Å². The normalized spacial score (nSPS) is 17.8. The van der Waals surface area contributed by atoms with Crippen LogP contribution in [0.5, 0.6) is 0 Å². The van der Waals surface area contributed by atoms with Gasteiger partial charge in [0.1, 0.15) is 5.82 Å². The van der Waals surface area contributed by atoms with Crippen LogP contribution >= 0.6 is 15.9 Å². The molecule has 1 aromatic carbocycles. The summed E-state index contributed by atoms with van der Waals surface area (Å²) in [5.41, 5.74) is 0.670. The first-order valence-electron chi connectivity index (χ1n) is 8.69. The molecule has 4 N–H and O–H groups in total. The Balaban J connectivity index is 1.62. The Labute approximate surface area is 167 Å². The molecular formula is C17H23BrN6O2S. The smallest absolute Gasteiger partial charge is 0.238 e. The van der Waals surface area contributed by atoms with E-state index in [1.165, 1.54) is 31.5 Å². The number of halogens is 1. The van der Waals surface area contributed by atoms with Crippen LogP contribution in [0.3, 0.4) is 0 Å². The first-order valence-corrected chi connectivity index (χ1v) is 11.0. The van der Waals surface area contributed by atoms with Crippen LogP contribution in [0.4, 0.5) is 17.5 Å². The van der Waals surface area contributed by atoms with Crippen LogP contribution in [0.15, 0.2) is 39.8 Å². The van der Waals surface area contributed by atoms with Gasteiger partial charge in [-0.05, 0) is 73.1 Å². The molecule has 1 saturated heterocycles. The molecule has 0 bridgehead atoms. The number of nitrogens with zero attached hydrogens (tertiary/aromatic N) is 3. The zero-order chi connectivity index (χ0) is 19.4. The van der Waals surface area contributed by atoms with Crippen LogP contribution in [0.2, 0.25) is 0 Å². The van der Waals surface area contributed by atoms with E-state index >= 15 is 0 Å². The van der Waals surface area contributed by atoms with E-state index in [0.29, 0.717) is 23.5 Å². The average molecular weight is 455 g/mol. The van der Waals surface area contributed by atoms with Crippen molar-refractivity contribution >= 4 is 43.4 Å². The lowest BCUT2D eigenvalue weighted by Gasteiger charge is -2.19. The number of rotatable bonds is 7. The molecule has 0 saturated carbocycles. The molecule has 1 fully saturated rings. The Morgan fingerprint density at radius 3 is 2.70 bits per heavy atom. The predicted octanol–water partition coefficient (Wildman–Crippen LogP) is 2.53. The molecule has 1 aliphatic heterocycles. The van der Waals surface area contributed by atoms with Gasteiger partial charge < -0.3 is 15.5 Å². The summed E-state index contributed by atoms with van der Waals surface area (Å²) in [6.07, 6.45) is 5.24. The van der Waals surface area contributed by atoms with Crippen molar-refractivity contribution in [2.24, 2.45) is 5.14 Å². The molecule has 0 amide bonds. The third-order valence-corrected chi connectivity index (χ3v) is 6.13. The number of aromatic nitrogens is 2. The molecule has 8 nitrogen and oxygen atoms in total. The Morgan fingerprint density at radius 1 is 1.33 bits per heavy atom. The van der Waals surface area contributed by atoms with Crippen molar-refractivity contribution in [3.05, 3.63) is 34.9 Å². The number of anilines is 3. The maximum absolute atomic E-state index is 11.3. The SMILES string of the molecule is CN1CCCC1CCNc1nc(Nc2ccc(S(N)(=O)=O)cc2)ncc1Br. The fourth-order valence-electron chi connectivity index (χ4n) is 3.11. The van der Waals surface area contributed by atoms with E-state index in [0.717, 1.165) is 17.4 Å². The van der Waals surface area contributed by atoms with Gasteiger partial charge in [0.15, 0.2) is 0 Å². The number of nitrogens with two attached hydrogens (primary N) is 1. The number of sulfonamides is 1. The van der Waals surface area contributed by atoms with E-state index in [2.05, 4.69) is 48.5 Å². The zero-order valence-corrected chi connectivity index (χ0v) is 17.4. The van der Waals surface area contributed by atoms with Crippen molar-refractivity contribution in [1.82, 2.24) is 14.9 Å². The lowest BCUT2D eigenvalue weighted by Crippen LogP contribution is -2.27. The van der Waals surface area contributed by atoms with Gasteiger partial charge in [-0.1, -0.05) is 0 Å². The predicted molar refractivity (Wildman–Crippen MR) is 110 cm³/mol. The Hall–Kier alpha value is -1.75. The number of hydrogen-bond donors (Lipinski definition) is 3. The molecule has 1 unspecified atom stereocenters. The molecule has 146 valence electrons. The van der Waals surface area contributed by atoms with E-state index in [-0.39, 0.29) is 4.90 Å². The summed E-state index contributed by atoms with van der Waals surface area (Å²) < 4.78 is 23.4. The van der Waals surface area contributed by atoms with Crippen molar-refractivity contribution in [2.75, 3.05) is 30.8 Å². The van der Waals surface area contributed by atoms with Crippen LogP contribution in [-0.4, -0.2) is 49.5 Å². The van der Waals surface area contributed by atoms with Gasteiger partial charge in [0.25, 0.3) is 0 Å². The minimum absolute atomic E-state index is 0.0593. The van der Waals surface area contributed by atoms with Crippen molar-refractivity contribution in [3.8, 4) is 0 Å². The highest BCUT2D eigenvalue weighted by Crippen LogP contribution is 2.23. The summed E-state index contributed by atoms with van der Waals surface area (Å²) in [6, 6.07) is 6.73. The lowest BCUT2D eigenvalue weighted by molar-refractivity contribution is 0.301. The molecule has 1 aromatic heterocycles. The fourth-order valence-corrected chi connectivity index (χ4v) is 3.96. The van der Waals surface area contributed by atoms with Crippen LogP contribution in [0, 0.1) is 0 Å². The first-order chi connectivity index (χ1) is 12.8. The summed E-state index contributed by atoms with van der Waals surface area (Å²) in [7, 11) is -1.54. The van der Waals surface area contributed by atoms with Crippen molar-refractivity contribution in [3.63, 3.8) is 0 Å². The van der Waals surface area contributed by atoms with Crippen LogP contribution in [0.25, 0.3) is 0 Å².